The van der Waals surface area contributed by atoms with E-state index in [4.69, 9.17) is 4.42 Å². The number of hydrogen-bond acceptors (Lipinski definition) is 2. The lowest BCUT2D eigenvalue weighted by molar-refractivity contribution is 0.404. The van der Waals surface area contributed by atoms with Gasteiger partial charge in [-0.3, -0.25) is 0 Å². The number of nitrogens with one attached hydrogen (secondary N) is 1. The van der Waals surface area contributed by atoms with Crippen LogP contribution in [0.5, 0.6) is 0 Å². The number of rotatable bonds is 4. The fraction of sp³-hybridized carbons (Fsp3) is 0.714. The molecule has 2 heteroatoms. The summed E-state index contributed by atoms with van der Waals surface area (Å²) in [5, 5.41) is 3.61. The van der Waals surface area contributed by atoms with Crippen molar-refractivity contribution in [3.05, 3.63) is 24.2 Å². The third kappa shape index (κ3) is 3.38. The Kier molecular flexibility index (Phi) is 4.46. The highest BCUT2D eigenvalue weighted by atomic mass is 16.3. The SMILES string of the molecule is CCC1CCCC(NCc2ccco2)CC1. The normalized spacial score (nSPS) is 26.6. The lowest BCUT2D eigenvalue weighted by Gasteiger charge is -2.15. The Bertz CT molecular complexity index is 281. The molecule has 0 bridgehead atoms. The molecule has 2 unspecified atom stereocenters. The average molecular weight is 221 g/mol. The zero-order chi connectivity index (χ0) is 11.2. The molecular weight excluding hydrogens is 198 g/mol. The molecule has 1 aliphatic rings. The number of hydrogen-bond donors (Lipinski definition) is 1. The monoisotopic (exact) mass is 221 g/mol. The van der Waals surface area contributed by atoms with E-state index in [9.17, 15) is 0 Å². The molecule has 16 heavy (non-hydrogen) atoms. The molecular formula is C14H23NO. The van der Waals surface area contributed by atoms with Gasteiger partial charge < -0.3 is 9.73 Å². The fourth-order valence-corrected chi connectivity index (χ4v) is 2.65. The fourth-order valence-electron chi connectivity index (χ4n) is 2.65. The summed E-state index contributed by atoms with van der Waals surface area (Å²) in [6, 6.07) is 4.69. The Balaban J connectivity index is 1.73. The van der Waals surface area contributed by atoms with E-state index in [2.05, 4.69) is 12.2 Å². The Morgan fingerprint density at radius 2 is 2.25 bits per heavy atom. The van der Waals surface area contributed by atoms with Gasteiger partial charge in [0.15, 0.2) is 0 Å². The van der Waals surface area contributed by atoms with Crippen LogP contribution in [0.4, 0.5) is 0 Å². The van der Waals surface area contributed by atoms with Crippen molar-refractivity contribution < 1.29 is 4.42 Å². The predicted octanol–water partition coefficient (Wildman–Crippen LogP) is 3.73. The Morgan fingerprint density at radius 1 is 1.31 bits per heavy atom. The van der Waals surface area contributed by atoms with Crippen molar-refractivity contribution in [3.8, 4) is 0 Å². The molecule has 1 aromatic heterocycles. The van der Waals surface area contributed by atoms with E-state index in [-0.39, 0.29) is 0 Å². The standard InChI is InChI=1S/C14H23NO/c1-2-12-5-3-6-13(9-8-12)15-11-14-7-4-10-16-14/h4,7,10,12-13,15H,2-3,5-6,8-9,11H2,1H3. The minimum atomic E-state index is 0.696. The molecule has 1 aromatic rings. The van der Waals surface area contributed by atoms with Crippen LogP contribution in [0, 0.1) is 5.92 Å². The van der Waals surface area contributed by atoms with Gasteiger partial charge in [0.2, 0.25) is 0 Å². The molecule has 90 valence electrons. The van der Waals surface area contributed by atoms with Crippen LogP contribution in [-0.2, 0) is 6.54 Å². The summed E-state index contributed by atoms with van der Waals surface area (Å²) in [5.74, 6) is 2.02. The van der Waals surface area contributed by atoms with Gasteiger partial charge in [-0.25, -0.2) is 0 Å². The molecule has 1 saturated carbocycles. The van der Waals surface area contributed by atoms with E-state index in [0.717, 1.165) is 18.2 Å². The first-order chi connectivity index (χ1) is 7.88. The molecule has 1 N–H and O–H groups in total. The first-order valence-electron chi connectivity index (χ1n) is 6.64. The minimum absolute atomic E-state index is 0.696. The highest BCUT2D eigenvalue weighted by Gasteiger charge is 2.17. The predicted molar refractivity (Wildman–Crippen MR) is 66.2 cm³/mol. The van der Waals surface area contributed by atoms with Crippen molar-refractivity contribution in [3.63, 3.8) is 0 Å². The molecule has 1 aliphatic carbocycles. The summed E-state index contributed by atoms with van der Waals surface area (Å²) in [5.41, 5.74) is 0. The molecule has 0 aliphatic heterocycles. The number of furan rings is 1. The van der Waals surface area contributed by atoms with Crippen molar-refractivity contribution in [2.75, 3.05) is 0 Å². The Labute approximate surface area is 98.4 Å². The van der Waals surface area contributed by atoms with Crippen molar-refractivity contribution in [1.82, 2.24) is 5.32 Å². The smallest absolute Gasteiger partial charge is 0.117 e. The third-order valence-electron chi connectivity index (χ3n) is 3.81. The van der Waals surface area contributed by atoms with E-state index in [1.165, 1.54) is 38.5 Å². The quantitative estimate of drug-likeness (QED) is 0.784. The van der Waals surface area contributed by atoms with E-state index in [1.807, 2.05) is 12.1 Å². The van der Waals surface area contributed by atoms with Gasteiger partial charge in [-0.1, -0.05) is 26.2 Å². The highest BCUT2D eigenvalue weighted by Crippen LogP contribution is 2.25. The van der Waals surface area contributed by atoms with Gasteiger partial charge in [0, 0.05) is 6.04 Å². The van der Waals surface area contributed by atoms with Gasteiger partial charge in [-0.05, 0) is 37.3 Å². The maximum absolute atomic E-state index is 5.34. The molecule has 0 saturated heterocycles. The summed E-state index contributed by atoms with van der Waals surface area (Å²) in [7, 11) is 0. The van der Waals surface area contributed by atoms with Crippen molar-refractivity contribution in [1.29, 1.82) is 0 Å². The molecule has 2 atom stereocenters. The van der Waals surface area contributed by atoms with Crippen molar-refractivity contribution in [2.45, 2.75) is 58.0 Å². The van der Waals surface area contributed by atoms with Gasteiger partial charge in [0.1, 0.15) is 5.76 Å². The van der Waals surface area contributed by atoms with Gasteiger partial charge in [-0.15, -0.1) is 0 Å². The Hall–Kier alpha value is -0.760. The second-order valence-electron chi connectivity index (χ2n) is 4.94. The van der Waals surface area contributed by atoms with Gasteiger partial charge >= 0.3 is 0 Å². The van der Waals surface area contributed by atoms with Crippen LogP contribution in [0.15, 0.2) is 22.8 Å². The second-order valence-corrected chi connectivity index (χ2v) is 4.94. The largest absolute Gasteiger partial charge is 0.468 e. The third-order valence-corrected chi connectivity index (χ3v) is 3.81. The van der Waals surface area contributed by atoms with Crippen LogP contribution in [0.3, 0.4) is 0 Å². The summed E-state index contributed by atoms with van der Waals surface area (Å²) in [6.45, 7) is 3.20. The topological polar surface area (TPSA) is 25.2 Å². The van der Waals surface area contributed by atoms with Gasteiger partial charge in [0.05, 0.1) is 12.8 Å². The highest BCUT2D eigenvalue weighted by molar-refractivity contribution is 4.97. The molecule has 2 nitrogen and oxygen atoms in total. The minimum Gasteiger partial charge on any atom is -0.468 e. The zero-order valence-corrected chi connectivity index (χ0v) is 10.2. The van der Waals surface area contributed by atoms with Gasteiger partial charge in [0.25, 0.3) is 0 Å². The summed E-state index contributed by atoms with van der Waals surface area (Å²) in [6.07, 6.45) is 9.97. The maximum Gasteiger partial charge on any atom is 0.117 e. The van der Waals surface area contributed by atoms with Crippen LogP contribution in [0.1, 0.15) is 51.2 Å². The first kappa shape index (κ1) is 11.7. The lowest BCUT2D eigenvalue weighted by Crippen LogP contribution is -2.27. The van der Waals surface area contributed by atoms with E-state index >= 15 is 0 Å². The summed E-state index contributed by atoms with van der Waals surface area (Å²) in [4.78, 5) is 0. The van der Waals surface area contributed by atoms with Crippen LogP contribution in [0.2, 0.25) is 0 Å². The van der Waals surface area contributed by atoms with Crippen LogP contribution < -0.4 is 5.32 Å². The van der Waals surface area contributed by atoms with E-state index in [1.54, 1.807) is 6.26 Å². The molecule has 1 heterocycles. The van der Waals surface area contributed by atoms with E-state index < -0.39 is 0 Å². The lowest BCUT2D eigenvalue weighted by atomic mass is 9.98. The zero-order valence-electron chi connectivity index (χ0n) is 10.2. The van der Waals surface area contributed by atoms with Crippen molar-refractivity contribution >= 4 is 0 Å². The average Bonchev–Trinajstić information content (AvgIpc) is 2.72. The molecule has 0 spiro atoms. The maximum atomic E-state index is 5.34. The molecule has 0 radical (unpaired) electrons. The van der Waals surface area contributed by atoms with Crippen molar-refractivity contribution in [2.24, 2.45) is 5.92 Å². The molecule has 1 fully saturated rings. The van der Waals surface area contributed by atoms with E-state index in [0.29, 0.717) is 6.04 Å². The van der Waals surface area contributed by atoms with Crippen LogP contribution in [0.25, 0.3) is 0 Å². The molecule has 0 aromatic carbocycles. The van der Waals surface area contributed by atoms with Crippen LogP contribution >= 0.6 is 0 Å². The van der Waals surface area contributed by atoms with Gasteiger partial charge in [-0.2, -0.15) is 0 Å². The summed E-state index contributed by atoms with van der Waals surface area (Å²) >= 11 is 0. The molecule has 0 amide bonds. The molecule has 2 rings (SSSR count). The summed E-state index contributed by atoms with van der Waals surface area (Å²) < 4.78 is 5.34. The van der Waals surface area contributed by atoms with Crippen LogP contribution in [-0.4, -0.2) is 6.04 Å². The first-order valence-corrected chi connectivity index (χ1v) is 6.64. The second kappa shape index (κ2) is 6.09. The Morgan fingerprint density at radius 3 is 3.00 bits per heavy atom.